The number of nitrogens with one attached hydrogen (secondary N) is 1. The zero-order valence-electron chi connectivity index (χ0n) is 11.5. The van der Waals surface area contributed by atoms with E-state index in [9.17, 15) is 4.79 Å². The number of halogens is 1. The highest BCUT2D eigenvalue weighted by atomic mass is 79.9. The van der Waals surface area contributed by atoms with Gasteiger partial charge in [0.15, 0.2) is 0 Å². The lowest BCUT2D eigenvalue weighted by molar-refractivity contribution is 0.0911. The number of benzene rings is 1. The molecule has 1 aromatic carbocycles. The van der Waals surface area contributed by atoms with E-state index in [-0.39, 0.29) is 5.91 Å². The summed E-state index contributed by atoms with van der Waals surface area (Å²) in [7, 11) is 0. The summed E-state index contributed by atoms with van der Waals surface area (Å²) < 4.78 is 0.790. The van der Waals surface area contributed by atoms with Crippen molar-refractivity contribution in [3.05, 3.63) is 44.3 Å². The Hall–Kier alpha value is -1.40. The van der Waals surface area contributed by atoms with E-state index in [4.69, 9.17) is 5.73 Å². The minimum atomic E-state index is -0.519. The molecular weight excluding hydrogens is 338 g/mol. The van der Waals surface area contributed by atoms with E-state index in [0.717, 1.165) is 15.0 Å². The van der Waals surface area contributed by atoms with Gasteiger partial charge in [-0.15, -0.1) is 11.3 Å². The van der Waals surface area contributed by atoms with Crippen molar-refractivity contribution in [2.24, 2.45) is 0 Å². The Labute approximate surface area is 130 Å². The van der Waals surface area contributed by atoms with Crippen molar-refractivity contribution in [1.29, 1.82) is 0 Å². The van der Waals surface area contributed by atoms with Crippen LogP contribution in [0.25, 0.3) is 0 Å². The molecule has 2 aromatic rings. The molecule has 20 heavy (non-hydrogen) atoms. The smallest absolute Gasteiger partial charge is 0.252 e. The lowest BCUT2D eigenvalue weighted by atomic mass is 10.0. The molecule has 0 saturated heterocycles. The van der Waals surface area contributed by atoms with Crippen molar-refractivity contribution in [3.63, 3.8) is 0 Å². The highest BCUT2D eigenvalue weighted by molar-refractivity contribution is 9.10. The maximum absolute atomic E-state index is 12.5. The van der Waals surface area contributed by atoms with Crippen LogP contribution >= 0.6 is 27.3 Å². The molecule has 1 aromatic heterocycles. The molecule has 0 saturated carbocycles. The van der Waals surface area contributed by atoms with E-state index in [1.54, 1.807) is 18.3 Å². The molecule has 0 aliphatic rings. The Kier molecular flexibility index (Phi) is 4.15. The van der Waals surface area contributed by atoms with Crippen LogP contribution in [0.5, 0.6) is 0 Å². The average Bonchev–Trinajstić information content (AvgIpc) is 2.87. The number of thiazole rings is 1. The third-order valence-corrected chi connectivity index (χ3v) is 4.60. The Morgan fingerprint density at radius 2 is 2.15 bits per heavy atom. The number of hydrogen-bond acceptors (Lipinski definition) is 4. The van der Waals surface area contributed by atoms with Gasteiger partial charge in [0.05, 0.1) is 5.54 Å². The van der Waals surface area contributed by atoms with E-state index in [1.165, 1.54) is 11.3 Å². The Morgan fingerprint density at radius 3 is 2.75 bits per heavy atom. The Morgan fingerprint density at radius 1 is 1.45 bits per heavy atom. The third kappa shape index (κ3) is 3.02. The number of anilines is 1. The molecule has 0 unspecified atom stereocenters. The minimum Gasteiger partial charge on any atom is -0.398 e. The van der Waals surface area contributed by atoms with Gasteiger partial charge in [0.2, 0.25) is 0 Å². The first-order chi connectivity index (χ1) is 9.31. The first kappa shape index (κ1) is 15.0. The molecule has 0 spiro atoms. The highest BCUT2D eigenvalue weighted by Gasteiger charge is 2.26. The predicted octanol–water partition coefficient (Wildman–Crippen LogP) is 3.46. The second kappa shape index (κ2) is 5.54. The van der Waals surface area contributed by atoms with E-state index < -0.39 is 5.54 Å². The third-order valence-electron chi connectivity index (χ3n) is 3.05. The van der Waals surface area contributed by atoms with Crippen LogP contribution in [0.4, 0.5) is 5.69 Å². The van der Waals surface area contributed by atoms with Gasteiger partial charge in [-0.05, 0) is 38.5 Å². The summed E-state index contributed by atoms with van der Waals surface area (Å²) in [6.07, 6.45) is 1.73. The van der Waals surface area contributed by atoms with Crippen LogP contribution in [0, 0.1) is 6.92 Å². The predicted molar refractivity (Wildman–Crippen MR) is 85.9 cm³/mol. The summed E-state index contributed by atoms with van der Waals surface area (Å²) in [4.78, 5) is 16.7. The zero-order chi connectivity index (χ0) is 14.9. The standard InChI is InChI=1S/C14H16BrN3OS/c1-8-10(6-9(15)7-11(8)16)12(19)18-14(2,3)13-17-4-5-20-13/h4-7H,16H2,1-3H3,(H,18,19). The normalized spacial score (nSPS) is 11.4. The summed E-state index contributed by atoms with van der Waals surface area (Å²) >= 11 is 4.88. The lowest BCUT2D eigenvalue weighted by Gasteiger charge is -2.24. The van der Waals surface area contributed by atoms with Gasteiger partial charge in [0.25, 0.3) is 5.91 Å². The molecular formula is C14H16BrN3OS. The molecule has 1 heterocycles. The Balaban J connectivity index is 2.29. The van der Waals surface area contributed by atoms with Crippen molar-refractivity contribution in [2.45, 2.75) is 26.3 Å². The largest absolute Gasteiger partial charge is 0.398 e. The average molecular weight is 354 g/mol. The summed E-state index contributed by atoms with van der Waals surface area (Å²) in [6.45, 7) is 5.70. The lowest BCUT2D eigenvalue weighted by Crippen LogP contribution is -2.41. The van der Waals surface area contributed by atoms with Gasteiger partial charge in [0.1, 0.15) is 5.01 Å². The van der Waals surface area contributed by atoms with Gasteiger partial charge in [-0.1, -0.05) is 15.9 Å². The van der Waals surface area contributed by atoms with Crippen LogP contribution < -0.4 is 11.1 Å². The molecule has 106 valence electrons. The zero-order valence-corrected chi connectivity index (χ0v) is 13.9. The maximum Gasteiger partial charge on any atom is 0.252 e. The van der Waals surface area contributed by atoms with Gasteiger partial charge >= 0.3 is 0 Å². The number of carbonyl (C=O) groups is 1. The first-order valence-electron chi connectivity index (χ1n) is 6.09. The fraction of sp³-hybridized carbons (Fsp3) is 0.286. The summed E-state index contributed by atoms with van der Waals surface area (Å²) in [5.41, 5.74) is 7.32. The summed E-state index contributed by atoms with van der Waals surface area (Å²) in [6, 6.07) is 3.57. The molecule has 0 aliphatic heterocycles. The van der Waals surface area contributed by atoms with Crippen LogP contribution in [-0.2, 0) is 5.54 Å². The molecule has 0 aliphatic carbocycles. The van der Waals surface area contributed by atoms with Gasteiger partial charge in [-0.3, -0.25) is 4.79 Å². The Bertz CT molecular complexity index is 638. The van der Waals surface area contributed by atoms with Crippen LogP contribution in [0.3, 0.4) is 0 Å². The summed E-state index contributed by atoms with van der Waals surface area (Å²) in [5, 5.41) is 5.76. The van der Waals surface area contributed by atoms with Gasteiger partial charge in [-0.2, -0.15) is 0 Å². The van der Waals surface area contributed by atoms with E-state index in [2.05, 4.69) is 26.2 Å². The number of amides is 1. The van der Waals surface area contributed by atoms with Gasteiger partial charge in [-0.25, -0.2) is 4.98 Å². The second-order valence-electron chi connectivity index (χ2n) is 5.08. The molecule has 0 bridgehead atoms. The number of hydrogen-bond donors (Lipinski definition) is 2. The van der Waals surface area contributed by atoms with Crippen molar-refractivity contribution < 1.29 is 4.79 Å². The molecule has 0 radical (unpaired) electrons. The molecule has 0 atom stereocenters. The fourth-order valence-corrected chi connectivity index (χ4v) is 3.07. The van der Waals surface area contributed by atoms with Crippen molar-refractivity contribution in [1.82, 2.24) is 10.3 Å². The van der Waals surface area contributed by atoms with E-state index in [0.29, 0.717) is 11.3 Å². The number of nitrogens with two attached hydrogens (primary N) is 1. The van der Waals surface area contributed by atoms with Crippen molar-refractivity contribution >= 4 is 38.9 Å². The molecule has 3 N–H and O–H groups in total. The number of nitrogens with zero attached hydrogens (tertiary/aromatic N) is 1. The molecule has 6 heteroatoms. The number of aromatic nitrogens is 1. The first-order valence-corrected chi connectivity index (χ1v) is 7.76. The molecule has 1 amide bonds. The quantitative estimate of drug-likeness (QED) is 0.830. The number of rotatable bonds is 3. The van der Waals surface area contributed by atoms with E-state index in [1.807, 2.05) is 26.2 Å². The van der Waals surface area contributed by atoms with Crippen LogP contribution in [-0.4, -0.2) is 10.9 Å². The van der Waals surface area contributed by atoms with Crippen molar-refractivity contribution in [2.75, 3.05) is 5.73 Å². The molecule has 4 nitrogen and oxygen atoms in total. The number of carbonyl (C=O) groups excluding carboxylic acids is 1. The summed E-state index contributed by atoms with van der Waals surface area (Å²) in [5.74, 6) is -0.157. The maximum atomic E-state index is 12.5. The molecule has 2 rings (SSSR count). The second-order valence-corrected chi connectivity index (χ2v) is 6.89. The van der Waals surface area contributed by atoms with Gasteiger partial charge in [0, 0.05) is 27.3 Å². The van der Waals surface area contributed by atoms with Crippen LogP contribution in [0.1, 0.15) is 34.8 Å². The van der Waals surface area contributed by atoms with Crippen LogP contribution in [0.15, 0.2) is 28.2 Å². The van der Waals surface area contributed by atoms with Crippen LogP contribution in [0.2, 0.25) is 0 Å². The molecule has 0 fully saturated rings. The highest BCUT2D eigenvalue weighted by Crippen LogP contribution is 2.26. The minimum absolute atomic E-state index is 0.157. The SMILES string of the molecule is Cc1c(N)cc(Br)cc1C(=O)NC(C)(C)c1nccs1. The monoisotopic (exact) mass is 353 g/mol. The fourth-order valence-electron chi connectivity index (χ4n) is 1.87. The van der Waals surface area contributed by atoms with Crippen molar-refractivity contribution in [3.8, 4) is 0 Å². The topological polar surface area (TPSA) is 68.0 Å². The van der Waals surface area contributed by atoms with E-state index >= 15 is 0 Å². The van der Waals surface area contributed by atoms with Gasteiger partial charge < -0.3 is 11.1 Å². The number of nitrogen functional groups attached to an aromatic ring is 1.